The minimum Gasteiger partial charge on any atom is -0.493 e. The van der Waals surface area contributed by atoms with Crippen LogP contribution in [0.1, 0.15) is 35.9 Å². The van der Waals surface area contributed by atoms with Gasteiger partial charge >= 0.3 is 0 Å². The Morgan fingerprint density at radius 2 is 2.07 bits per heavy atom. The van der Waals surface area contributed by atoms with Crippen LogP contribution in [0.4, 0.5) is 5.69 Å². The van der Waals surface area contributed by atoms with Gasteiger partial charge in [0, 0.05) is 17.3 Å². The van der Waals surface area contributed by atoms with E-state index in [0.717, 1.165) is 29.9 Å². The number of amides is 1. The number of H-pyrrole nitrogens is 1. The van der Waals surface area contributed by atoms with E-state index < -0.39 is 5.91 Å². The molecule has 0 spiro atoms. The number of nitrogens with zero attached hydrogens (tertiary/aromatic N) is 2. The van der Waals surface area contributed by atoms with E-state index in [1.165, 1.54) is 0 Å². The van der Waals surface area contributed by atoms with Crippen molar-refractivity contribution in [3.05, 3.63) is 59.9 Å². The molecule has 1 heterocycles. The molecule has 0 saturated heterocycles. The quantitative estimate of drug-likeness (QED) is 0.493. The van der Waals surface area contributed by atoms with Crippen LogP contribution in [-0.4, -0.2) is 33.7 Å². The van der Waals surface area contributed by atoms with E-state index in [1.807, 2.05) is 37.3 Å². The highest BCUT2D eigenvalue weighted by molar-refractivity contribution is 5.95. The molecule has 0 aliphatic carbocycles. The number of nitrogens with one attached hydrogen (secondary N) is 2. The number of hydrogen-bond donors (Lipinski definition) is 3. The second-order valence-electron chi connectivity index (χ2n) is 6.72. The summed E-state index contributed by atoms with van der Waals surface area (Å²) in [5, 5.41) is 10.6. The summed E-state index contributed by atoms with van der Waals surface area (Å²) in [6.45, 7) is 4.53. The van der Waals surface area contributed by atoms with Crippen molar-refractivity contribution >= 4 is 11.6 Å². The van der Waals surface area contributed by atoms with E-state index in [4.69, 9.17) is 10.5 Å². The lowest BCUT2D eigenvalue weighted by Crippen LogP contribution is -2.17. The van der Waals surface area contributed by atoms with Gasteiger partial charge in [0.05, 0.1) is 12.2 Å². The van der Waals surface area contributed by atoms with Crippen LogP contribution < -0.4 is 15.8 Å². The third-order valence-corrected chi connectivity index (χ3v) is 4.32. The number of benzene rings is 2. The first-order valence-corrected chi connectivity index (χ1v) is 9.30. The minimum absolute atomic E-state index is 0.263. The molecule has 7 nitrogen and oxygen atoms in total. The fourth-order valence-electron chi connectivity index (χ4n) is 2.94. The number of carbonyl (C=O) groups excluding carboxylic acids is 1. The number of aromatic amines is 1. The lowest BCUT2D eigenvalue weighted by Gasteiger charge is -2.16. The van der Waals surface area contributed by atoms with Gasteiger partial charge in [-0.15, -0.1) is 0 Å². The zero-order valence-electron chi connectivity index (χ0n) is 16.1. The number of aromatic nitrogens is 3. The standard InChI is InChI=1S/C21H25N5O2/c1-14(7-6-12-28-19-11-4-3-10-18(19)20(22)27)23-17-9-5-8-16(13-17)21-24-15(2)25-26-21/h3-5,8-11,13-14,23H,6-7,12H2,1-2H3,(H2,22,27)(H,24,25,26)/t14-/m1/s1. The molecule has 0 aliphatic rings. The SMILES string of the molecule is Cc1nc(-c2cccc(N[C@H](C)CCCOc3ccccc3C(N)=O)c2)n[nH]1. The molecule has 7 heteroatoms. The van der Waals surface area contributed by atoms with Crippen molar-refractivity contribution in [2.45, 2.75) is 32.7 Å². The van der Waals surface area contributed by atoms with Gasteiger partial charge in [0.25, 0.3) is 5.91 Å². The zero-order chi connectivity index (χ0) is 19.9. The molecule has 1 aromatic heterocycles. The second kappa shape index (κ2) is 9.03. The summed E-state index contributed by atoms with van der Waals surface area (Å²) in [7, 11) is 0. The lowest BCUT2D eigenvalue weighted by atomic mass is 10.1. The minimum atomic E-state index is -0.480. The third-order valence-electron chi connectivity index (χ3n) is 4.32. The summed E-state index contributed by atoms with van der Waals surface area (Å²) in [5.74, 6) is 1.53. The Kier molecular flexibility index (Phi) is 6.26. The molecule has 0 saturated carbocycles. The topological polar surface area (TPSA) is 106 Å². The number of hydrogen-bond acceptors (Lipinski definition) is 5. The monoisotopic (exact) mass is 379 g/mol. The Labute approximate surface area is 164 Å². The number of para-hydroxylation sites is 1. The van der Waals surface area contributed by atoms with Gasteiger partial charge in [0.2, 0.25) is 0 Å². The van der Waals surface area contributed by atoms with Gasteiger partial charge in [-0.25, -0.2) is 4.98 Å². The molecule has 28 heavy (non-hydrogen) atoms. The van der Waals surface area contributed by atoms with Crippen molar-refractivity contribution in [2.24, 2.45) is 5.73 Å². The van der Waals surface area contributed by atoms with E-state index in [9.17, 15) is 4.79 Å². The number of rotatable bonds is 9. The van der Waals surface area contributed by atoms with Crippen LogP contribution in [0.25, 0.3) is 11.4 Å². The smallest absolute Gasteiger partial charge is 0.252 e. The Morgan fingerprint density at radius 1 is 1.25 bits per heavy atom. The van der Waals surface area contributed by atoms with E-state index in [-0.39, 0.29) is 6.04 Å². The van der Waals surface area contributed by atoms with Crippen LogP contribution in [-0.2, 0) is 0 Å². The lowest BCUT2D eigenvalue weighted by molar-refractivity contribution is 0.0996. The molecule has 3 rings (SSSR count). The second-order valence-corrected chi connectivity index (χ2v) is 6.72. The van der Waals surface area contributed by atoms with Crippen LogP contribution in [0.3, 0.4) is 0 Å². The summed E-state index contributed by atoms with van der Waals surface area (Å²) in [6.07, 6.45) is 1.77. The number of anilines is 1. The van der Waals surface area contributed by atoms with Gasteiger partial charge in [0.1, 0.15) is 11.6 Å². The maximum atomic E-state index is 11.4. The number of primary amides is 1. The Bertz CT molecular complexity index is 938. The van der Waals surface area contributed by atoms with Crippen LogP contribution in [0.5, 0.6) is 5.75 Å². The molecule has 146 valence electrons. The Hall–Kier alpha value is -3.35. The van der Waals surface area contributed by atoms with Crippen molar-refractivity contribution in [1.29, 1.82) is 0 Å². The summed E-state index contributed by atoms with van der Waals surface area (Å²) in [5.41, 5.74) is 7.77. The van der Waals surface area contributed by atoms with Crippen molar-refractivity contribution < 1.29 is 9.53 Å². The molecule has 0 radical (unpaired) electrons. The van der Waals surface area contributed by atoms with Gasteiger partial charge in [-0.2, -0.15) is 5.10 Å². The highest BCUT2D eigenvalue weighted by atomic mass is 16.5. The average Bonchev–Trinajstić information content (AvgIpc) is 3.12. The van der Waals surface area contributed by atoms with Gasteiger partial charge in [-0.05, 0) is 51.0 Å². The van der Waals surface area contributed by atoms with Crippen molar-refractivity contribution in [2.75, 3.05) is 11.9 Å². The van der Waals surface area contributed by atoms with E-state index in [2.05, 4.69) is 27.4 Å². The molecular formula is C21H25N5O2. The highest BCUT2D eigenvalue weighted by Gasteiger charge is 2.09. The number of carbonyl (C=O) groups is 1. The molecule has 4 N–H and O–H groups in total. The molecule has 2 aromatic carbocycles. The predicted octanol–water partition coefficient (Wildman–Crippen LogP) is 3.54. The van der Waals surface area contributed by atoms with Gasteiger partial charge in [0.15, 0.2) is 5.82 Å². The van der Waals surface area contributed by atoms with E-state index in [0.29, 0.717) is 23.7 Å². The molecule has 0 bridgehead atoms. The Balaban J connectivity index is 1.49. The fraction of sp³-hybridized carbons (Fsp3) is 0.286. The van der Waals surface area contributed by atoms with Gasteiger partial charge < -0.3 is 15.8 Å². The largest absolute Gasteiger partial charge is 0.493 e. The van der Waals surface area contributed by atoms with Crippen LogP contribution in [0.2, 0.25) is 0 Å². The average molecular weight is 379 g/mol. The third kappa shape index (κ3) is 5.09. The van der Waals surface area contributed by atoms with Crippen molar-refractivity contribution in [1.82, 2.24) is 15.2 Å². The van der Waals surface area contributed by atoms with Crippen molar-refractivity contribution in [3.63, 3.8) is 0 Å². The first-order valence-electron chi connectivity index (χ1n) is 9.30. The normalized spacial score (nSPS) is 11.8. The summed E-state index contributed by atoms with van der Waals surface area (Å²) < 4.78 is 5.73. The number of aryl methyl sites for hydroxylation is 1. The maximum absolute atomic E-state index is 11.4. The number of ether oxygens (including phenoxy) is 1. The predicted molar refractivity (Wildman–Crippen MR) is 109 cm³/mol. The number of nitrogens with two attached hydrogens (primary N) is 1. The molecule has 3 aromatic rings. The van der Waals surface area contributed by atoms with Crippen LogP contribution in [0, 0.1) is 6.92 Å². The molecular weight excluding hydrogens is 354 g/mol. The first-order chi connectivity index (χ1) is 13.5. The van der Waals surface area contributed by atoms with E-state index in [1.54, 1.807) is 18.2 Å². The Morgan fingerprint density at radius 3 is 2.82 bits per heavy atom. The maximum Gasteiger partial charge on any atom is 0.252 e. The molecule has 1 atom stereocenters. The van der Waals surface area contributed by atoms with Crippen LogP contribution in [0.15, 0.2) is 48.5 Å². The summed E-state index contributed by atoms with van der Waals surface area (Å²) in [6, 6.07) is 15.3. The molecule has 0 aliphatic heterocycles. The zero-order valence-corrected chi connectivity index (χ0v) is 16.1. The van der Waals surface area contributed by atoms with Crippen LogP contribution >= 0.6 is 0 Å². The molecule has 0 unspecified atom stereocenters. The highest BCUT2D eigenvalue weighted by Crippen LogP contribution is 2.21. The molecule has 1 amide bonds. The molecule has 0 fully saturated rings. The first kappa shape index (κ1) is 19.4. The van der Waals surface area contributed by atoms with Crippen molar-refractivity contribution in [3.8, 4) is 17.1 Å². The summed E-state index contributed by atoms with van der Waals surface area (Å²) in [4.78, 5) is 15.8. The van der Waals surface area contributed by atoms with Gasteiger partial charge in [-0.3, -0.25) is 9.89 Å². The van der Waals surface area contributed by atoms with E-state index >= 15 is 0 Å². The van der Waals surface area contributed by atoms with Gasteiger partial charge in [-0.1, -0.05) is 24.3 Å². The fourth-order valence-corrected chi connectivity index (χ4v) is 2.94. The summed E-state index contributed by atoms with van der Waals surface area (Å²) >= 11 is 0.